The van der Waals surface area contributed by atoms with Crippen LogP contribution in [0.1, 0.15) is 17.2 Å². The van der Waals surface area contributed by atoms with Gasteiger partial charge in [0, 0.05) is 10.7 Å². The Morgan fingerprint density at radius 3 is 2.40 bits per heavy atom. The topological polar surface area (TPSA) is 64.1 Å². The summed E-state index contributed by atoms with van der Waals surface area (Å²) < 4.78 is 26.3. The Morgan fingerprint density at radius 1 is 1.10 bits per heavy atom. The summed E-state index contributed by atoms with van der Waals surface area (Å²) in [5, 5.41) is 0.292. The quantitative estimate of drug-likeness (QED) is 0.462. The lowest BCUT2D eigenvalue weighted by Gasteiger charge is -2.19. The molecule has 0 radical (unpaired) electrons. The third-order valence-corrected chi connectivity index (χ3v) is 3.42. The van der Waals surface area contributed by atoms with Crippen LogP contribution in [0.25, 0.3) is 0 Å². The average molecular weight is 298 g/mol. The fraction of sp³-hybridized carbons (Fsp3) is 0.143. The van der Waals surface area contributed by atoms with Crippen LogP contribution < -0.4 is 17.0 Å². The van der Waals surface area contributed by atoms with Gasteiger partial charge in [0.1, 0.15) is 11.6 Å². The van der Waals surface area contributed by atoms with Gasteiger partial charge in [-0.2, -0.15) is 0 Å². The van der Waals surface area contributed by atoms with Gasteiger partial charge < -0.3 is 5.73 Å². The molecule has 3 nitrogen and oxygen atoms in total. The molecule has 2 aromatic rings. The maximum atomic E-state index is 13.3. The standard InChI is InChI=1S/C14H14ClF2N3/c15-12-7-10(17)2-1-8(12)5-14(20-19)11-6-9(16)3-4-13(11)18/h1-4,6-7,14,20H,5,18-19H2. The first-order chi connectivity index (χ1) is 9.51. The summed E-state index contributed by atoms with van der Waals surface area (Å²) in [4.78, 5) is 0. The number of rotatable bonds is 4. The zero-order valence-electron chi connectivity index (χ0n) is 10.5. The van der Waals surface area contributed by atoms with Crippen molar-refractivity contribution >= 4 is 17.3 Å². The smallest absolute Gasteiger partial charge is 0.124 e. The third-order valence-electron chi connectivity index (χ3n) is 3.06. The number of nitrogens with two attached hydrogens (primary N) is 2. The number of hydrogen-bond acceptors (Lipinski definition) is 3. The largest absolute Gasteiger partial charge is 0.398 e. The summed E-state index contributed by atoms with van der Waals surface area (Å²) in [6.45, 7) is 0. The minimum Gasteiger partial charge on any atom is -0.398 e. The second kappa shape index (κ2) is 6.17. The van der Waals surface area contributed by atoms with Crippen LogP contribution in [-0.4, -0.2) is 0 Å². The Labute approximate surface area is 120 Å². The lowest BCUT2D eigenvalue weighted by atomic mass is 9.98. The minimum atomic E-state index is -0.423. The van der Waals surface area contributed by atoms with Crippen LogP contribution in [0, 0.1) is 11.6 Å². The third kappa shape index (κ3) is 3.25. The van der Waals surface area contributed by atoms with Gasteiger partial charge in [0.25, 0.3) is 0 Å². The van der Waals surface area contributed by atoms with Crippen molar-refractivity contribution in [2.45, 2.75) is 12.5 Å². The van der Waals surface area contributed by atoms with Crippen molar-refractivity contribution in [3.8, 4) is 0 Å². The predicted molar refractivity (Wildman–Crippen MR) is 76.0 cm³/mol. The summed E-state index contributed by atoms with van der Waals surface area (Å²) in [6, 6.07) is 7.74. The molecule has 0 amide bonds. The van der Waals surface area contributed by atoms with Crippen molar-refractivity contribution in [2.24, 2.45) is 5.84 Å². The van der Waals surface area contributed by atoms with Crippen molar-refractivity contribution < 1.29 is 8.78 Å². The predicted octanol–water partition coefficient (Wildman–Crippen LogP) is 2.95. The molecule has 0 aliphatic carbocycles. The van der Waals surface area contributed by atoms with Crippen LogP contribution in [0.3, 0.4) is 0 Å². The first-order valence-electron chi connectivity index (χ1n) is 5.96. The summed E-state index contributed by atoms with van der Waals surface area (Å²) in [5.41, 5.74) is 10.1. The molecule has 0 aromatic heterocycles. The van der Waals surface area contributed by atoms with Crippen molar-refractivity contribution in [2.75, 3.05) is 5.73 Å². The van der Waals surface area contributed by atoms with Gasteiger partial charge in [-0.15, -0.1) is 0 Å². The number of benzene rings is 2. The van der Waals surface area contributed by atoms with Crippen LogP contribution in [0.4, 0.5) is 14.5 Å². The van der Waals surface area contributed by atoms with Crippen LogP contribution >= 0.6 is 11.6 Å². The maximum absolute atomic E-state index is 13.3. The molecule has 5 N–H and O–H groups in total. The molecule has 2 rings (SSSR count). The molecule has 1 atom stereocenters. The number of nitrogens with one attached hydrogen (secondary N) is 1. The number of anilines is 1. The SMILES string of the molecule is NNC(Cc1ccc(F)cc1Cl)c1cc(F)ccc1N. The van der Waals surface area contributed by atoms with Gasteiger partial charge in [-0.05, 0) is 47.9 Å². The van der Waals surface area contributed by atoms with E-state index in [4.69, 9.17) is 23.2 Å². The molecule has 0 saturated heterocycles. The molecule has 6 heteroatoms. The molecule has 0 fully saturated rings. The molecule has 0 bridgehead atoms. The van der Waals surface area contributed by atoms with E-state index in [-0.39, 0.29) is 0 Å². The summed E-state index contributed by atoms with van der Waals surface area (Å²) in [7, 11) is 0. The maximum Gasteiger partial charge on any atom is 0.124 e. The fourth-order valence-electron chi connectivity index (χ4n) is 2.01. The summed E-state index contributed by atoms with van der Waals surface area (Å²) in [6.07, 6.45) is 0.364. The van der Waals surface area contributed by atoms with Crippen LogP contribution in [-0.2, 0) is 6.42 Å². The Bertz CT molecular complexity index is 619. The molecule has 1 unspecified atom stereocenters. The first kappa shape index (κ1) is 14.7. The van der Waals surface area contributed by atoms with Crippen molar-refractivity contribution in [3.05, 3.63) is 64.2 Å². The monoisotopic (exact) mass is 297 g/mol. The van der Waals surface area contributed by atoms with Crippen LogP contribution in [0.15, 0.2) is 36.4 Å². The van der Waals surface area contributed by atoms with Gasteiger partial charge in [-0.25, -0.2) is 8.78 Å². The van der Waals surface area contributed by atoms with Gasteiger partial charge in [0.05, 0.1) is 6.04 Å². The molecule has 0 heterocycles. The molecule has 0 aliphatic heterocycles. The van der Waals surface area contributed by atoms with E-state index in [1.165, 1.54) is 30.3 Å². The minimum absolute atomic E-state index is 0.292. The summed E-state index contributed by atoms with van der Waals surface area (Å²) in [5.74, 6) is 4.69. The molecule has 0 spiro atoms. The van der Waals surface area contributed by atoms with E-state index in [1.54, 1.807) is 6.07 Å². The van der Waals surface area contributed by atoms with Gasteiger partial charge >= 0.3 is 0 Å². The summed E-state index contributed by atoms with van der Waals surface area (Å²) >= 11 is 5.98. The van der Waals surface area contributed by atoms with Crippen molar-refractivity contribution in [1.82, 2.24) is 5.43 Å². The zero-order valence-corrected chi connectivity index (χ0v) is 11.3. The van der Waals surface area contributed by atoms with E-state index in [9.17, 15) is 8.78 Å². The highest BCUT2D eigenvalue weighted by Gasteiger charge is 2.16. The highest BCUT2D eigenvalue weighted by molar-refractivity contribution is 6.31. The Hall–Kier alpha value is -1.69. The molecule has 0 saturated carbocycles. The number of hydrazine groups is 1. The average Bonchev–Trinajstić information content (AvgIpc) is 2.41. The second-order valence-electron chi connectivity index (χ2n) is 4.43. The van der Waals surface area contributed by atoms with E-state index in [0.717, 1.165) is 0 Å². The van der Waals surface area contributed by atoms with Gasteiger partial charge in [0.15, 0.2) is 0 Å². The van der Waals surface area contributed by atoms with E-state index in [2.05, 4.69) is 5.43 Å². The van der Waals surface area contributed by atoms with Crippen molar-refractivity contribution in [3.63, 3.8) is 0 Å². The molecular formula is C14H14ClF2N3. The van der Waals surface area contributed by atoms with E-state index in [0.29, 0.717) is 28.3 Å². The van der Waals surface area contributed by atoms with Crippen LogP contribution in [0.5, 0.6) is 0 Å². The first-order valence-corrected chi connectivity index (χ1v) is 6.34. The van der Waals surface area contributed by atoms with Gasteiger partial charge in [0.2, 0.25) is 0 Å². The molecule has 0 aliphatic rings. The Kier molecular flexibility index (Phi) is 4.54. The fourth-order valence-corrected chi connectivity index (χ4v) is 2.26. The Morgan fingerprint density at radius 2 is 1.75 bits per heavy atom. The molecule has 106 valence electrons. The van der Waals surface area contributed by atoms with Crippen LogP contribution in [0.2, 0.25) is 5.02 Å². The normalized spacial score (nSPS) is 12.4. The van der Waals surface area contributed by atoms with E-state index < -0.39 is 17.7 Å². The van der Waals surface area contributed by atoms with E-state index in [1.807, 2.05) is 0 Å². The highest BCUT2D eigenvalue weighted by atomic mass is 35.5. The zero-order chi connectivity index (χ0) is 14.7. The van der Waals surface area contributed by atoms with Gasteiger partial charge in [-0.1, -0.05) is 17.7 Å². The molecular weight excluding hydrogens is 284 g/mol. The van der Waals surface area contributed by atoms with Crippen molar-refractivity contribution in [1.29, 1.82) is 0 Å². The lowest BCUT2D eigenvalue weighted by molar-refractivity contribution is 0.545. The number of halogens is 3. The number of nitrogen functional groups attached to an aromatic ring is 1. The molecule has 20 heavy (non-hydrogen) atoms. The Balaban J connectivity index is 2.31. The number of hydrogen-bond donors (Lipinski definition) is 3. The van der Waals surface area contributed by atoms with Gasteiger partial charge in [-0.3, -0.25) is 11.3 Å². The molecule has 2 aromatic carbocycles. The van der Waals surface area contributed by atoms with E-state index >= 15 is 0 Å². The lowest BCUT2D eigenvalue weighted by Crippen LogP contribution is -2.30. The highest BCUT2D eigenvalue weighted by Crippen LogP contribution is 2.27. The second-order valence-corrected chi connectivity index (χ2v) is 4.84.